The summed E-state index contributed by atoms with van der Waals surface area (Å²) in [6, 6.07) is 0. The Morgan fingerprint density at radius 2 is 1.79 bits per heavy atom. The minimum Gasteiger partial charge on any atom is -0.444 e. The van der Waals surface area contributed by atoms with Crippen LogP contribution in [0, 0.1) is 0 Å². The van der Waals surface area contributed by atoms with Crippen LogP contribution in [0.15, 0.2) is 17.5 Å². The van der Waals surface area contributed by atoms with Crippen LogP contribution in [-0.2, 0) is 29.9 Å². The number of nitrogens with one attached hydrogen (secondary N) is 1. The zero-order valence-electron chi connectivity index (χ0n) is 21.1. The highest BCUT2D eigenvalue weighted by Gasteiger charge is 2.18. The van der Waals surface area contributed by atoms with Crippen molar-refractivity contribution in [2.45, 2.75) is 85.2 Å². The van der Waals surface area contributed by atoms with Crippen LogP contribution in [0.1, 0.15) is 65.8 Å². The first kappa shape index (κ1) is 27.1. The van der Waals surface area contributed by atoms with E-state index in [0.717, 1.165) is 17.8 Å². The van der Waals surface area contributed by atoms with Crippen LogP contribution in [0.3, 0.4) is 0 Å². The fourth-order valence-corrected chi connectivity index (χ4v) is 3.05. The first-order chi connectivity index (χ1) is 16.0. The van der Waals surface area contributed by atoms with Crippen LogP contribution < -0.4 is 5.32 Å². The van der Waals surface area contributed by atoms with Crippen LogP contribution in [-0.4, -0.2) is 66.2 Å². The van der Waals surface area contributed by atoms with E-state index in [-0.39, 0.29) is 5.54 Å². The molecule has 2 aromatic heterocycles. The minimum atomic E-state index is -0.515. The largest absolute Gasteiger partial charge is 0.444 e. The van der Waals surface area contributed by atoms with Crippen LogP contribution in [0.4, 0.5) is 4.79 Å². The van der Waals surface area contributed by atoms with Gasteiger partial charge in [0.25, 0.3) is 0 Å². The quantitative estimate of drug-likeness (QED) is 0.214. The molecule has 0 saturated carbocycles. The number of carbonyl (C=O) groups is 1. The maximum Gasteiger partial charge on any atom is 0.407 e. The number of aryl methyl sites for hydroxylation is 1. The van der Waals surface area contributed by atoms with E-state index >= 15 is 0 Å². The lowest BCUT2D eigenvalue weighted by Crippen LogP contribution is -2.33. The number of aromatic nitrogens is 6. The summed E-state index contributed by atoms with van der Waals surface area (Å²) in [6.45, 7) is 15.1. The number of hydrogen-bond donors (Lipinski definition) is 1. The van der Waals surface area contributed by atoms with Crippen molar-refractivity contribution in [2.75, 3.05) is 19.6 Å². The summed E-state index contributed by atoms with van der Waals surface area (Å²) in [6.07, 6.45) is 4.86. The second kappa shape index (κ2) is 12.3. The van der Waals surface area contributed by atoms with Crippen molar-refractivity contribution in [1.82, 2.24) is 40.2 Å². The second-order valence-electron chi connectivity index (χ2n) is 10.1. The first-order valence-electron chi connectivity index (χ1n) is 11.5. The van der Waals surface area contributed by atoms with Gasteiger partial charge in [-0.2, -0.15) is 0 Å². The Balaban J connectivity index is 1.89. The van der Waals surface area contributed by atoms with Crippen molar-refractivity contribution in [3.05, 3.63) is 34.2 Å². The summed E-state index contributed by atoms with van der Waals surface area (Å²) >= 11 is 0. The summed E-state index contributed by atoms with van der Waals surface area (Å²) in [4.78, 5) is 16.7. The number of rotatable bonds is 12. The number of alkyl carbamates (subject to hydrolysis) is 1. The van der Waals surface area contributed by atoms with Gasteiger partial charge in [-0.15, -0.1) is 10.2 Å². The lowest BCUT2D eigenvalue weighted by molar-refractivity contribution is 0.0526. The number of amides is 1. The third kappa shape index (κ3) is 10.2. The molecule has 1 N–H and O–H groups in total. The Morgan fingerprint density at radius 3 is 2.41 bits per heavy atom. The maximum absolute atomic E-state index is 11.7. The summed E-state index contributed by atoms with van der Waals surface area (Å²) in [5.41, 5.74) is 9.56. The van der Waals surface area contributed by atoms with Crippen LogP contribution >= 0.6 is 0 Å². The molecule has 0 aromatic carbocycles. The molecule has 13 nitrogen and oxygen atoms in total. The molecule has 0 bridgehead atoms. The lowest BCUT2D eigenvalue weighted by Gasteiger charge is -2.20. The van der Waals surface area contributed by atoms with Gasteiger partial charge in [0, 0.05) is 43.8 Å². The van der Waals surface area contributed by atoms with E-state index in [0.29, 0.717) is 45.7 Å². The molecular formula is C21H37N11O2. The standard InChI is InChI=1S/C21H37N11O2/c1-20(2,3)32-16-18(26-29-32)14-30(11-8-10-24-27-22)13-17-15-31(28-25-17)12-7-9-23-19(33)34-21(4,5)6/h15-16H,7-14H2,1-6H3,(H,23,33). The molecule has 2 rings (SSSR count). The maximum atomic E-state index is 11.7. The van der Waals surface area contributed by atoms with Crippen LogP contribution in [0.25, 0.3) is 10.4 Å². The highest BCUT2D eigenvalue weighted by Crippen LogP contribution is 2.14. The van der Waals surface area contributed by atoms with Gasteiger partial charge in [0.05, 0.1) is 23.1 Å². The predicted molar refractivity (Wildman–Crippen MR) is 127 cm³/mol. The van der Waals surface area contributed by atoms with Gasteiger partial charge >= 0.3 is 6.09 Å². The molecule has 34 heavy (non-hydrogen) atoms. The van der Waals surface area contributed by atoms with Gasteiger partial charge in [-0.1, -0.05) is 15.5 Å². The molecule has 0 fully saturated rings. The van der Waals surface area contributed by atoms with E-state index in [2.05, 4.69) is 61.6 Å². The van der Waals surface area contributed by atoms with Gasteiger partial charge in [-0.25, -0.2) is 9.48 Å². The molecule has 0 saturated heterocycles. The van der Waals surface area contributed by atoms with Crippen molar-refractivity contribution >= 4 is 6.09 Å². The zero-order valence-corrected chi connectivity index (χ0v) is 21.1. The number of carbonyl (C=O) groups excluding carboxylic acids is 1. The molecule has 0 aliphatic heterocycles. The van der Waals surface area contributed by atoms with Gasteiger partial charge in [0.1, 0.15) is 5.60 Å². The Hall–Kier alpha value is -3.18. The SMILES string of the molecule is CC(C)(C)OC(=O)NCCCn1cc(CN(CCCN=[N+]=[N-])Cc2cn(C(C)(C)C)nn2)nn1. The molecule has 188 valence electrons. The summed E-state index contributed by atoms with van der Waals surface area (Å²) in [5, 5.41) is 23.4. The minimum absolute atomic E-state index is 0.140. The number of azide groups is 1. The molecule has 0 unspecified atom stereocenters. The van der Waals surface area contributed by atoms with Gasteiger partial charge in [0.15, 0.2) is 0 Å². The Morgan fingerprint density at radius 1 is 1.12 bits per heavy atom. The average molecular weight is 476 g/mol. The molecule has 0 atom stereocenters. The smallest absolute Gasteiger partial charge is 0.407 e. The molecular weight excluding hydrogens is 438 g/mol. The fourth-order valence-electron chi connectivity index (χ4n) is 3.05. The molecule has 2 heterocycles. The number of ether oxygens (including phenoxy) is 1. The summed E-state index contributed by atoms with van der Waals surface area (Å²) in [5.74, 6) is 0. The second-order valence-corrected chi connectivity index (χ2v) is 10.1. The van der Waals surface area contributed by atoms with Crippen molar-refractivity contribution in [3.8, 4) is 0 Å². The lowest BCUT2D eigenvalue weighted by atomic mass is 10.1. The van der Waals surface area contributed by atoms with E-state index in [1.807, 2.05) is 37.8 Å². The number of hydrogen-bond acceptors (Lipinski definition) is 8. The van der Waals surface area contributed by atoms with E-state index in [1.165, 1.54) is 0 Å². The number of nitrogens with zero attached hydrogens (tertiary/aromatic N) is 10. The zero-order chi connectivity index (χ0) is 25.2. The Bertz CT molecular complexity index is 949. The average Bonchev–Trinajstić information content (AvgIpc) is 3.36. The van der Waals surface area contributed by atoms with E-state index < -0.39 is 11.7 Å². The molecule has 0 spiro atoms. The predicted octanol–water partition coefficient (Wildman–Crippen LogP) is 3.24. The third-order valence-electron chi connectivity index (χ3n) is 4.61. The topological polar surface area (TPSA) is 152 Å². The molecule has 13 heteroatoms. The van der Waals surface area contributed by atoms with E-state index in [1.54, 1.807) is 4.68 Å². The first-order valence-corrected chi connectivity index (χ1v) is 11.5. The van der Waals surface area contributed by atoms with Gasteiger partial charge in [-0.3, -0.25) is 9.58 Å². The van der Waals surface area contributed by atoms with Gasteiger partial charge in [0.2, 0.25) is 0 Å². The molecule has 0 radical (unpaired) electrons. The fraction of sp³-hybridized carbons (Fsp3) is 0.762. The van der Waals surface area contributed by atoms with Crippen LogP contribution in [0.5, 0.6) is 0 Å². The van der Waals surface area contributed by atoms with E-state index in [9.17, 15) is 4.79 Å². The Labute approximate surface area is 200 Å². The van der Waals surface area contributed by atoms with E-state index in [4.69, 9.17) is 10.3 Å². The third-order valence-corrected chi connectivity index (χ3v) is 4.61. The molecule has 1 amide bonds. The molecule has 0 aliphatic rings. The molecule has 2 aromatic rings. The monoisotopic (exact) mass is 475 g/mol. The van der Waals surface area contributed by atoms with Crippen molar-refractivity contribution < 1.29 is 9.53 Å². The van der Waals surface area contributed by atoms with Gasteiger partial charge < -0.3 is 10.1 Å². The van der Waals surface area contributed by atoms with Crippen LogP contribution in [0.2, 0.25) is 0 Å². The normalized spacial score (nSPS) is 12.0. The summed E-state index contributed by atoms with van der Waals surface area (Å²) < 4.78 is 8.84. The molecule has 0 aliphatic carbocycles. The highest BCUT2D eigenvalue weighted by molar-refractivity contribution is 5.67. The van der Waals surface area contributed by atoms with Crippen molar-refractivity contribution in [1.29, 1.82) is 0 Å². The van der Waals surface area contributed by atoms with Gasteiger partial charge in [-0.05, 0) is 66.5 Å². The summed E-state index contributed by atoms with van der Waals surface area (Å²) in [7, 11) is 0. The van der Waals surface area contributed by atoms with Crippen molar-refractivity contribution in [3.63, 3.8) is 0 Å². The highest BCUT2D eigenvalue weighted by atomic mass is 16.6. The Kier molecular flexibility index (Phi) is 9.82. The van der Waals surface area contributed by atoms with Crippen molar-refractivity contribution in [2.24, 2.45) is 5.11 Å².